The zero-order chi connectivity index (χ0) is 29.0. The van der Waals surface area contributed by atoms with Crippen LogP contribution < -0.4 is 0 Å². The quantitative estimate of drug-likeness (QED) is 0.202. The van der Waals surface area contributed by atoms with Crippen LogP contribution in [0.4, 0.5) is 0 Å². The Kier molecular flexibility index (Phi) is 5.54. The van der Waals surface area contributed by atoms with E-state index in [9.17, 15) is 0 Å². The minimum Gasteiger partial charge on any atom is -0.256 e. The predicted octanol–water partition coefficient (Wildman–Crippen LogP) is 11.2. The van der Waals surface area contributed by atoms with Crippen molar-refractivity contribution >= 4 is 54.0 Å². The average molecular weight is 559 g/mol. The van der Waals surface area contributed by atoms with E-state index in [4.69, 9.17) is 9.97 Å². The number of nitrogens with zero attached hydrogens (tertiary/aromatic N) is 2. The van der Waals surface area contributed by atoms with E-state index in [2.05, 4.69) is 152 Å². The molecule has 0 aliphatic heterocycles. The van der Waals surface area contributed by atoms with E-state index in [1.54, 1.807) is 0 Å². The van der Waals surface area contributed by atoms with Crippen LogP contribution >= 0.6 is 0 Å². The summed E-state index contributed by atoms with van der Waals surface area (Å²) in [5.74, 6) is 0. The standard InChI is InChI=1S/C42H26N2/c1-3-9-34-28(7-1)15-18-31-25-32(20-22-35(31)34)39-24-21-33(26-43-39)27-13-16-30(17-14-27)42-38-23-19-29-8-2-4-10-36(29)41(38)37-11-5-6-12-40(37)44-42/h1-26H. The predicted molar refractivity (Wildman–Crippen MR) is 186 cm³/mol. The summed E-state index contributed by atoms with van der Waals surface area (Å²) in [6, 6.07) is 54.1. The van der Waals surface area contributed by atoms with Gasteiger partial charge < -0.3 is 0 Å². The maximum Gasteiger partial charge on any atom is 0.0788 e. The Bertz CT molecular complexity index is 2510. The van der Waals surface area contributed by atoms with Crippen LogP contribution in [0.15, 0.2) is 158 Å². The van der Waals surface area contributed by atoms with Gasteiger partial charge in [0, 0.05) is 39.0 Å². The van der Waals surface area contributed by atoms with Crippen LogP contribution in [0.25, 0.3) is 87.6 Å². The highest BCUT2D eigenvalue weighted by Crippen LogP contribution is 2.37. The van der Waals surface area contributed by atoms with Crippen molar-refractivity contribution < 1.29 is 0 Å². The first kappa shape index (κ1) is 24.7. The fourth-order valence-electron chi connectivity index (χ4n) is 6.67. The minimum atomic E-state index is 0.972. The second-order valence-corrected chi connectivity index (χ2v) is 11.4. The maximum absolute atomic E-state index is 5.15. The molecule has 9 rings (SSSR count). The maximum atomic E-state index is 5.15. The lowest BCUT2D eigenvalue weighted by molar-refractivity contribution is 1.33. The summed E-state index contributed by atoms with van der Waals surface area (Å²) in [7, 11) is 0. The van der Waals surface area contributed by atoms with E-state index < -0.39 is 0 Å². The van der Waals surface area contributed by atoms with Gasteiger partial charge in [0.1, 0.15) is 0 Å². The van der Waals surface area contributed by atoms with E-state index in [0.717, 1.165) is 39.2 Å². The third kappa shape index (κ3) is 3.96. The number of rotatable bonds is 3. The molecule has 0 bridgehead atoms. The topological polar surface area (TPSA) is 25.8 Å². The van der Waals surface area contributed by atoms with E-state index in [1.165, 1.54) is 48.5 Å². The number of fused-ring (bicyclic) bond motifs is 8. The van der Waals surface area contributed by atoms with Crippen LogP contribution in [0.3, 0.4) is 0 Å². The van der Waals surface area contributed by atoms with Crippen molar-refractivity contribution in [1.29, 1.82) is 0 Å². The van der Waals surface area contributed by atoms with Gasteiger partial charge in [-0.1, -0.05) is 133 Å². The molecular formula is C42H26N2. The first-order chi connectivity index (χ1) is 21.8. The Morgan fingerprint density at radius 2 is 0.955 bits per heavy atom. The molecule has 2 aromatic heterocycles. The molecule has 2 heterocycles. The molecule has 0 aliphatic rings. The van der Waals surface area contributed by atoms with Crippen molar-refractivity contribution in [3.63, 3.8) is 0 Å². The lowest BCUT2D eigenvalue weighted by atomic mass is 9.94. The summed E-state index contributed by atoms with van der Waals surface area (Å²) in [4.78, 5) is 10.0. The van der Waals surface area contributed by atoms with Crippen LogP contribution in [-0.4, -0.2) is 9.97 Å². The second kappa shape index (κ2) is 9.86. The van der Waals surface area contributed by atoms with Crippen molar-refractivity contribution in [3.8, 4) is 33.6 Å². The van der Waals surface area contributed by atoms with Gasteiger partial charge in [0.25, 0.3) is 0 Å². The zero-order valence-corrected chi connectivity index (χ0v) is 23.9. The number of benzene rings is 7. The highest BCUT2D eigenvalue weighted by Gasteiger charge is 2.13. The van der Waals surface area contributed by atoms with Crippen molar-refractivity contribution in [2.75, 3.05) is 0 Å². The van der Waals surface area contributed by atoms with E-state index >= 15 is 0 Å². The van der Waals surface area contributed by atoms with Crippen LogP contribution in [0.5, 0.6) is 0 Å². The van der Waals surface area contributed by atoms with Gasteiger partial charge in [0.15, 0.2) is 0 Å². The first-order valence-corrected chi connectivity index (χ1v) is 15.0. The van der Waals surface area contributed by atoms with Gasteiger partial charge >= 0.3 is 0 Å². The second-order valence-electron chi connectivity index (χ2n) is 11.4. The smallest absolute Gasteiger partial charge is 0.0788 e. The summed E-state index contributed by atoms with van der Waals surface area (Å²) in [5.41, 5.74) is 7.44. The highest BCUT2D eigenvalue weighted by molar-refractivity contribution is 6.22. The Labute approximate surface area is 254 Å². The third-order valence-corrected chi connectivity index (χ3v) is 8.89. The van der Waals surface area contributed by atoms with Crippen molar-refractivity contribution in [1.82, 2.24) is 9.97 Å². The molecule has 7 aromatic carbocycles. The molecule has 0 N–H and O–H groups in total. The Balaban J connectivity index is 1.08. The van der Waals surface area contributed by atoms with Crippen molar-refractivity contribution in [2.24, 2.45) is 0 Å². The summed E-state index contributed by atoms with van der Waals surface area (Å²) in [5, 5.41) is 11.2. The number of pyridine rings is 2. The van der Waals surface area contributed by atoms with Gasteiger partial charge in [-0.2, -0.15) is 0 Å². The summed E-state index contributed by atoms with van der Waals surface area (Å²) in [6.07, 6.45) is 1.98. The first-order valence-electron chi connectivity index (χ1n) is 15.0. The number of hydrogen-bond donors (Lipinski definition) is 0. The summed E-state index contributed by atoms with van der Waals surface area (Å²) in [6.45, 7) is 0. The van der Waals surface area contributed by atoms with Crippen LogP contribution in [-0.2, 0) is 0 Å². The number of hydrogen-bond acceptors (Lipinski definition) is 2. The third-order valence-electron chi connectivity index (χ3n) is 8.89. The fraction of sp³-hybridized carbons (Fsp3) is 0. The largest absolute Gasteiger partial charge is 0.256 e. The van der Waals surface area contributed by atoms with Crippen LogP contribution in [0, 0.1) is 0 Å². The lowest BCUT2D eigenvalue weighted by Crippen LogP contribution is -1.91. The van der Waals surface area contributed by atoms with E-state index in [0.29, 0.717) is 0 Å². The molecule has 9 aromatic rings. The molecule has 204 valence electrons. The Morgan fingerprint density at radius 3 is 1.77 bits per heavy atom. The molecule has 0 amide bonds. The molecule has 2 heteroatoms. The molecule has 0 atom stereocenters. The summed E-state index contributed by atoms with van der Waals surface area (Å²) < 4.78 is 0. The molecule has 0 fully saturated rings. The van der Waals surface area contributed by atoms with Crippen LogP contribution in [0.1, 0.15) is 0 Å². The molecule has 0 saturated heterocycles. The molecule has 44 heavy (non-hydrogen) atoms. The molecule has 0 aliphatic carbocycles. The SMILES string of the molecule is c1ccc2c(c1)ccc1cc(-c3ccc(-c4ccc(-c5nc6ccccc6c6c5ccc5ccccc56)cc4)cn3)ccc12. The fourth-order valence-corrected chi connectivity index (χ4v) is 6.67. The zero-order valence-electron chi connectivity index (χ0n) is 23.9. The monoisotopic (exact) mass is 558 g/mol. The highest BCUT2D eigenvalue weighted by atomic mass is 14.7. The van der Waals surface area contributed by atoms with Gasteiger partial charge in [0.05, 0.1) is 16.9 Å². The Hall–Kier alpha value is -5.86. The Morgan fingerprint density at radius 1 is 0.364 bits per heavy atom. The molecule has 0 radical (unpaired) electrons. The lowest BCUT2D eigenvalue weighted by Gasteiger charge is -2.13. The normalized spacial score (nSPS) is 11.6. The van der Waals surface area contributed by atoms with Crippen LogP contribution in [0.2, 0.25) is 0 Å². The van der Waals surface area contributed by atoms with Gasteiger partial charge in [-0.15, -0.1) is 0 Å². The van der Waals surface area contributed by atoms with Gasteiger partial charge in [-0.3, -0.25) is 4.98 Å². The number of para-hydroxylation sites is 1. The molecular weight excluding hydrogens is 532 g/mol. The minimum absolute atomic E-state index is 0.972. The molecule has 0 unspecified atom stereocenters. The van der Waals surface area contributed by atoms with Gasteiger partial charge in [-0.25, -0.2) is 4.98 Å². The molecule has 0 saturated carbocycles. The average Bonchev–Trinajstić information content (AvgIpc) is 3.11. The van der Waals surface area contributed by atoms with Crippen molar-refractivity contribution in [2.45, 2.75) is 0 Å². The van der Waals surface area contributed by atoms with Crippen molar-refractivity contribution in [3.05, 3.63) is 158 Å². The van der Waals surface area contributed by atoms with Gasteiger partial charge in [-0.05, 0) is 56.1 Å². The summed E-state index contributed by atoms with van der Waals surface area (Å²) >= 11 is 0. The number of aromatic nitrogens is 2. The molecule has 2 nitrogen and oxygen atoms in total. The van der Waals surface area contributed by atoms with E-state index in [1.807, 2.05) is 6.20 Å². The molecule has 0 spiro atoms. The van der Waals surface area contributed by atoms with Gasteiger partial charge in [0.2, 0.25) is 0 Å². The van der Waals surface area contributed by atoms with E-state index in [-0.39, 0.29) is 0 Å².